The number of rotatable bonds is 6. The Hall–Kier alpha value is -7.50. The summed E-state index contributed by atoms with van der Waals surface area (Å²) in [6.45, 7) is 0. The molecule has 2 N–H and O–H groups in total. The molecule has 9 aromatic rings. The Morgan fingerprint density at radius 3 is 1.75 bits per heavy atom. The molecule has 0 saturated heterocycles. The molecule has 1 aromatic heterocycles. The van der Waals surface area contributed by atoms with Crippen LogP contribution in [0.5, 0.6) is 0 Å². The molecule has 2 atom stereocenters. The maximum atomic E-state index is 5.36. The van der Waals surface area contributed by atoms with Crippen molar-refractivity contribution in [3.05, 3.63) is 228 Å². The third-order valence-corrected chi connectivity index (χ3v) is 11.3. The first-order chi connectivity index (χ1) is 28.3. The molecule has 270 valence electrons. The lowest BCUT2D eigenvalue weighted by molar-refractivity contribution is 0.755. The van der Waals surface area contributed by atoms with E-state index in [9.17, 15) is 0 Å². The number of amidine groups is 2. The van der Waals surface area contributed by atoms with Crippen molar-refractivity contribution in [3.63, 3.8) is 0 Å². The van der Waals surface area contributed by atoms with Crippen LogP contribution >= 0.6 is 0 Å². The first-order valence-electron chi connectivity index (χ1n) is 19.5. The molecule has 8 aromatic carbocycles. The fourth-order valence-corrected chi connectivity index (χ4v) is 8.65. The maximum absolute atomic E-state index is 5.36. The highest BCUT2D eigenvalue weighted by molar-refractivity contribution is 6.16. The summed E-state index contributed by atoms with van der Waals surface area (Å²) in [5.74, 6) is 1.57. The standard InChI is InChI=1S/C52H37N5/c1-4-16-34(17-5-1)40-26-15-27-44-48(40)43-31-30-38(33-45(43)53-49(44)35-18-6-2-7-19-35)52-55-50(36-20-8-3-9-21-36)54-51(56-52)37-22-14-23-39(32-37)57-46-28-12-10-24-41(46)42-25-11-13-29-47(42)57/h1-33,49,52-53H,(H,54,55,56). The minimum Gasteiger partial charge on any atom is -0.374 e. The van der Waals surface area contributed by atoms with Crippen LogP contribution in [0.1, 0.15) is 40.0 Å². The molecule has 3 heterocycles. The molecule has 2 aliphatic rings. The SMILES string of the molecule is c1ccc(C2=NC(c3ccc4c(c3)NC(c3ccccc3)c3cccc(-c5ccccc5)c3-4)N=C(c3cccc(-n4c5ccccc5c5ccccc54)c3)N2)cc1. The number of nitrogens with zero attached hydrogens (tertiary/aromatic N) is 3. The second-order valence-electron chi connectivity index (χ2n) is 14.7. The van der Waals surface area contributed by atoms with Crippen LogP contribution in [-0.4, -0.2) is 16.2 Å². The smallest absolute Gasteiger partial charge is 0.169 e. The molecule has 0 aliphatic carbocycles. The van der Waals surface area contributed by atoms with E-state index in [4.69, 9.17) is 9.98 Å². The van der Waals surface area contributed by atoms with E-state index in [2.05, 4.69) is 209 Å². The average molecular weight is 732 g/mol. The summed E-state index contributed by atoms with van der Waals surface area (Å²) in [6, 6.07) is 71.0. The van der Waals surface area contributed by atoms with Gasteiger partial charge in [0.15, 0.2) is 6.17 Å². The summed E-state index contributed by atoms with van der Waals surface area (Å²) in [5, 5.41) is 10.1. The zero-order chi connectivity index (χ0) is 37.7. The molecule has 0 spiro atoms. The fraction of sp³-hybridized carbons (Fsp3) is 0.0385. The lowest BCUT2D eigenvalue weighted by Gasteiger charge is -2.32. The zero-order valence-corrected chi connectivity index (χ0v) is 31.0. The van der Waals surface area contributed by atoms with E-state index in [-0.39, 0.29) is 6.04 Å². The molecular formula is C52H37N5. The minimum absolute atomic E-state index is 0.0216. The van der Waals surface area contributed by atoms with Gasteiger partial charge in [0.05, 0.1) is 17.1 Å². The Morgan fingerprint density at radius 2 is 1.04 bits per heavy atom. The molecule has 11 rings (SSSR count). The summed E-state index contributed by atoms with van der Waals surface area (Å²) >= 11 is 0. The van der Waals surface area contributed by atoms with Crippen LogP contribution in [-0.2, 0) is 0 Å². The van der Waals surface area contributed by atoms with E-state index >= 15 is 0 Å². The van der Waals surface area contributed by atoms with Gasteiger partial charge in [0.25, 0.3) is 0 Å². The number of benzene rings is 8. The fourth-order valence-electron chi connectivity index (χ4n) is 8.65. The van der Waals surface area contributed by atoms with Gasteiger partial charge in [-0.05, 0) is 58.1 Å². The van der Waals surface area contributed by atoms with Gasteiger partial charge in [-0.2, -0.15) is 0 Å². The second-order valence-corrected chi connectivity index (χ2v) is 14.7. The van der Waals surface area contributed by atoms with E-state index in [1.54, 1.807) is 0 Å². The van der Waals surface area contributed by atoms with Crippen LogP contribution in [0.25, 0.3) is 49.7 Å². The van der Waals surface area contributed by atoms with Crippen molar-refractivity contribution in [2.24, 2.45) is 9.98 Å². The van der Waals surface area contributed by atoms with Crippen molar-refractivity contribution in [3.8, 4) is 27.9 Å². The number of fused-ring (bicyclic) bond motifs is 6. The molecule has 2 unspecified atom stereocenters. The number of hydrogen-bond donors (Lipinski definition) is 2. The van der Waals surface area contributed by atoms with Gasteiger partial charge < -0.3 is 15.2 Å². The molecule has 0 radical (unpaired) electrons. The molecule has 0 saturated carbocycles. The summed E-state index contributed by atoms with van der Waals surface area (Å²) in [4.78, 5) is 10.6. The van der Waals surface area contributed by atoms with Crippen LogP contribution in [0.3, 0.4) is 0 Å². The normalized spacial score (nSPS) is 15.9. The van der Waals surface area contributed by atoms with Crippen LogP contribution in [0.15, 0.2) is 210 Å². The third kappa shape index (κ3) is 5.71. The summed E-state index contributed by atoms with van der Waals surface area (Å²) in [5.41, 5.74) is 14.8. The summed E-state index contributed by atoms with van der Waals surface area (Å²) in [6.07, 6.45) is -0.471. The number of nitrogens with one attached hydrogen (secondary N) is 2. The van der Waals surface area contributed by atoms with Crippen LogP contribution < -0.4 is 10.6 Å². The highest BCUT2D eigenvalue weighted by atomic mass is 15.2. The van der Waals surface area contributed by atoms with Gasteiger partial charge in [0.1, 0.15) is 11.7 Å². The molecule has 0 amide bonds. The summed E-state index contributed by atoms with van der Waals surface area (Å²) < 4.78 is 2.35. The first-order valence-corrected chi connectivity index (χ1v) is 19.5. The van der Waals surface area contributed by atoms with E-state index in [0.29, 0.717) is 0 Å². The maximum Gasteiger partial charge on any atom is 0.169 e. The second kappa shape index (κ2) is 13.7. The van der Waals surface area contributed by atoms with Crippen molar-refractivity contribution in [2.75, 3.05) is 5.32 Å². The Morgan fingerprint density at radius 1 is 0.439 bits per heavy atom. The Kier molecular flexibility index (Phi) is 7.88. The lowest BCUT2D eigenvalue weighted by atomic mass is 9.82. The predicted molar refractivity (Wildman–Crippen MR) is 235 cm³/mol. The number of aromatic nitrogens is 1. The first kappa shape index (κ1) is 32.9. The molecule has 5 heteroatoms. The third-order valence-electron chi connectivity index (χ3n) is 11.3. The molecule has 5 nitrogen and oxygen atoms in total. The van der Waals surface area contributed by atoms with E-state index in [1.165, 1.54) is 55.2 Å². The largest absolute Gasteiger partial charge is 0.374 e. The van der Waals surface area contributed by atoms with Gasteiger partial charge in [0, 0.05) is 44.4 Å². The van der Waals surface area contributed by atoms with Crippen molar-refractivity contribution >= 4 is 39.2 Å². The Labute approximate surface area is 331 Å². The predicted octanol–water partition coefficient (Wildman–Crippen LogP) is 12.1. The summed E-state index contributed by atoms with van der Waals surface area (Å²) in [7, 11) is 0. The zero-order valence-electron chi connectivity index (χ0n) is 31.0. The van der Waals surface area contributed by atoms with Crippen LogP contribution in [0.2, 0.25) is 0 Å². The molecule has 0 bridgehead atoms. The van der Waals surface area contributed by atoms with E-state index in [0.717, 1.165) is 39.7 Å². The van der Waals surface area contributed by atoms with E-state index in [1.807, 2.05) is 6.07 Å². The quantitative estimate of drug-likeness (QED) is 0.179. The topological polar surface area (TPSA) is 53.7 Å². The van der Waals surface area contributed by atoms with Gasteiger partial charge >= 0.3 is 0 Å². The van der Waals surface area contributed by atoms with Crippen molar-refractivity contribution in [1.29, 1.82) is 0 Å². The minimum atomic E-state index is -0.471. The average Bonchev–Trinajstić information content (AvgIpc) is 3.63. The van der Waals surface area contributed by atoms with Crippen molar-refractivity contribution < 1.29 is 0 Å². The van der Waals surface area contributed by atoms with Crippen molar-refractivity contribution in [2.45, 2.75) is 12.2 Å². The van der Waals surface area contributed by atoms with Gasteiger partial charge in [-0.1, -0.05) is 170 Å². The molecular weight excluding hydrogens is 695 g/mol. The monoisotopic (exact) mass is 731 g/mol. The highest BCUT2D eigenvalue weighted by Gasteiger charge is 2.29. The lowest BCUT2D eigenvalue weighted by Crippen LogP contribution is -2.36. The molecule has 57 heavy (non-hydrogen) atoms. The Bertz CT molecular complexity index is 2960. The number of anilines is 1. The van der Waals surface area contributed by atoms with Gasteiger partial charge in [-0.25, -0.2) is 9.98 Å². The molecule has 0 fully saturated rings. The van der Waals surface area contributed by atoms with E-state index < -0.39 is 6.17 Å². The van der Waals surface area contributed by atoms with Gasteiger partial charge in [-0.15, -0.1) is 0 Å². The van der Waals surface area contributed by atoms with Crippen LogP contribution in [0, 0.1) is 0 Å². The number of hydrogen-bond acceptors (Lipinski definition) is 4. The van der Waals surface area contributed by atoms with Crippen molar-refractivity contribution in [1.82, 2.24) is 9.88 Å². The molecule has 2 aliphatic heterocycles. The highest BCUT2D eigenvalue weighted by Crippen LogP contribution is 2.48. The Balaban J connectivity index is 1.05. The number of aliphatic imine (C=N–C) groups is 2. The number of para-hydroxylation sites is 2. The van der Waals surface area contributed by atoms with Gasteiger partial charge in [-0.3, -0.25) is 0 Å². The van der Waals surface area contributed by atoms with Crippen LogP contribution in [0.4, 0.5) is 5.69 Å². The van der Waals surface area contributed by atoms with Gasteiger partial charge in [0.2, 0.25) is 0 Å².